The molecule has 0 bridgehead atoms. The maximum atomic E-state index is 15.3. The zero-order valence-corrected chi connectivity index (χ0v) is 15.6. The monoisotopic (exact) mass is 381 g/mol. The van der Waals surface area contributed by atoms with Gasteiger partial charge in [-0.05, 0) is 19.9 Å². The molecule has 1 aliphatic rings. The lowest BCUT2D eigenvalue weighted by molar-refractivity contribution is -0.00550. The highest BCUT2D eigenvalue weighted by molar-refractivity contribution is 6.05. The van der Waals surface area contributed by atoms with Gasteiger partial charge in [0, 0.05) is 32.3 Å². The topological polar surface area (TPSA) is 97.1 Å². The maximum absolute atomic E-state index is 15.3. The Labute approximate surface area is 156 Å². The second-order valence-corrected chi connectivity index (χ2v) is 6.68. The van der Waals surface area contributed by atoms with Crippen LogP contribution in [0.25, 0.3) is 11.0 Å². The van der Waals surface area contributed by atoms with Crippen molar-refractivity contribution in [2.75, 3.05) is 38.3 Å². The molecule has 2 aromatic rings. The van der Waals surface area contributed by atoms with E-state index in [1.54, 1.807) is 6.07 Å². The Morgan fingerprint density at radius 2 is 2.15 bits per heavy atom. The van der Waals surface area contributed by atoms with Crippen LogP contribution in [0, 0.1) is 5.82 Å². The average molecular weight is 381 g/mol. The molecule has 1 aromatic carbocycles. The third-order valence-electron chi connectivity index (χ3n) is 4.47. The van der Waals surface area contributed by atoms with E-state index in [9.17, 15) is 9.90 Å². The fourth-order valence-corrected chi connectivity index (χ4v) is 3.42. The fourth-order valence-electron chi connectivity index (χ4n) is 3.42. The third-order valence-corrected chi connectivity index (χ3v) is 4.47. The number of nitrogens with one attached hydrogen (secondary N) is 1. The largest absolute Gasteiger partial charge is 0.392 e. The van der Waals surface area contributed by atoms with Gasteiger partial charge in [0.15, 0.2) is 11.5 Å². The molecule has 0 saturated carbocycles. The van der Waals surface area contributed by atoms with Crippen LogP contribution in [0.5, 0.6) is 0 Å². The third kappa shape index (κ3) is 3.90. The second kappa shape index (κ2) is 8.20. The summed E-state index contributed by atoms with van der Waals surface area (Å²) in [6, 6.07) is 1.56. The Kier molecular flexibility index (Phi) is 5.93. The summed E-state index contributed by atoms with van der Waals surface area (Å²) in [5.74, 6) is -1.13. The van der Waals surface area contributed by atoms with Crippen molar-refractivity contribution in [2.24, 2.45) is 0 Å². The predicted molar refractivity (Wildman–Crippen MR) is 96.3 cm³/mol. The summed E-state index contributed by atoms with van der Waals surface area (Å²) in [5, 5.41) is 16.4. The summed E-state index contributed by atoms with van der Waals surface area (Å²) in [6.07, 6.45) is -0.153. The van der Waals surface area contributed by atoms with Crippen LogP contribution < -0.4 is 10.2 Å². The van der Waals surface area contributed by atoms with Gasteiger partial charge < -0.3 is 29.3 Å². The highest BCUT2D eigenvalue weighted by Gasteiger charge is 2.30. The molecule has 0 radical (unpaired) electrons. The zero-order valence-electron chi connectivity index (χ0n) is 15.6. The number of amides is 1. The first-order valence-electron chi connectivity index (χ1n) is 8.85. The van der Waals surface area contributed by atoms with Crippen LogP contribution in [-0.4, -0.2) is 61.7 Å². The van der Waals surface area contributed by atoms with E-state index in [0.29, 0.717) is 31.8 Å². The number of morpholine rings is 1. The molecule has 2 heterocycles. The Balaban J connectivity index is 2.00. The quantitative estimate of drug-likeness (QED) is 0.731. The van der Waals surface area contributed by atoms with Crippen LogP contribution in [-0.2, 0) is 16.1 Å². The van der Waals surface area contributed by atoms with E-state index in [0.717, 1.165) is 0 Å². The van der Waals surface area contributed by atoms with Gasteiger partial charge in [-0.15, -0.1) is 0 Å². The Morgan fingerprint density at radius 1 is 1.44 bits per heavy atom. The summed E-state index contributed by atoms with van der Waals surface area (Å²) in [6.45, 7) is 5.05. The minimum Gasteiger partial charge on any atom is -0.392 e. The van der Waals surface area contributed by atoms with Gasteiger partial charge >= 0.3 is 0 Å². The zero-order chi connectivity index (χ0) is 19.6. The molecule has 8 nitrogen and oxygen atoms in total. The summed E-state index contributed by atoms with van der Waals surface area (Å²) in [5.41, 5.74) is 0.501. The van der Waals surface area contributed by atoms with Gasteiger partial charge in [0.05, 0.1) is 36.5 Å². The predicted octanol–water partition coefficient (Wildman–Crippen LogP) is 1.45. The van der Waals surface area contributed by atoms with Gasteiger partial charge in [-0.3, -0.25) is 4.79 Å². The van der Waals surface area contributed by atoms with Gasteiger partial charge in [0.1, 0.15) is 0 Å². The van der Waals surface area contributed by atoms with Gasteiger partial charge in [0.2, 0.25) is 5.58 Å². The van der Waals surface area contributed by atoms with E-state index in [4.69, 9.17) is 14.0 Å². The van der Waals surface area contributed by atoms with Crippen molar-refractivity contribution in [3.63, 3.8) is 0 Å². The number of aromatic nitrogens is 1. The van der Waals surface area contributed by atoms with Crippen LogP contribution in [0.1, 0.15) is 29.9 Å². The summed E-state index contributed by atoms with van der Waals surface area (Å²) >= 11 is 0. The van der Waals surface area contributed by atoms with Crippen molar-refractivity contribution in [3.8, 4) is 0 Å². The lowest BCUT2D eigenvalue weighted by Gasteiger charge is -2.37. The van der Waals surface area contributed by atoms with E-state index in [1.165, 1.54) is 7.11 Å². The minimum atomic E-state index is -0.638. The van der Waals surface area contributed by atoms with Crippen molar-refractivity contribution in [1.82, 2.24) is 10.5 Å². The summed E-state index contributed by atoms with van der Waals surface area (Å²) < 4.78 is 31.0. The van der Waals surface area contributed by atoms with E-state index in [1.807, 2.05) is 18.7 Å². The number of halogens is 1. The molecule has 1 aromatic heterocycles. The molecule has 148 valence electrons. The molecule has 0 aliphatic carbocycles. The van der Waals surface area contributed by atoms with Crippen molar-refractivity contribution < 1.29 is 28.3 Å². The van der Waals surface area contributed by atoms with E-state index in [2.05, 4.69) is 10.5 Å². The fraction of sp³-hybridized carbons (Fsp3) is 0.556. The smallest absolute Gasteiger partial charge is 0.274 e. The lowest BCUT2D eigenvalue weighted by Crippen LogP contribution is -2.46. The van der Waals surface area contributed by atoms with Gasteiger partial charge in [-0.2, -0.15) is 0 Å². The van der Waals surface area contributed by atoms with E-state index < -0.39 is 11.7 Å². The second-order valence-electron chi connectivity index (χ2n) is 6.68. The van der Waals surface area contributed by atoms with Crippen molar-refractivity contribution in [1.29, 1.82) is 0 Å². The molecular formula is C18H24FN3O5. The molecule has 27 heavy (non-hydrogen) atoms. The maximum Gasteiger partial charge on any atom is 0.274 e. The number of nitrogens with zero attached hydrogens (tertiary/aromatic N) is 2. The van der Waals surface area contributed by atoms with Crippen LogP contribution in [0.3, 0.4) is 0 Å². The number of hydrogen-bond acceptors (Lipinski definition) is 7. The van der Waals surface area contributed by atoms with Crippen LogP contribution in [0.2, 0.25) is 0 Å². The molecule has 2 unspecified atom stereocenters. The molecule has 1 fully saturated rings. The molecule has 9 heteroatoms. The number of aliphatic hydroxyl groups excluding tert-OH is 1. The average Bonchev–Trinajstić information content (AvgIpc) is 3.05. The van der Waals surface area contributed by atoms with E-state index in [-0.39, 0.29) is 41.2 Å². The summed E-state index contributed by atoms with van der Waals surface area (Å²) in [4.78, 5) is 14.1. The summed E-state index contributed by atoms with van der Waals surface area (Å²) in [7, 11) is 1.52. The number of benzene rings is 1. The van der Waals surface area contributed by atoms with Crippen LogP contribution >= 0.6 is 0 Å². The first-order valence-corrected chi connectivity index (χ1v) is 8.85. The number of ether oxygens (including phenoxy) is 2. The number of aliphatic hydroxyl groups is 1. The number of carbonyl (C=O) groups is 1. The number of rotatable bonds is 6. The van der Waals surface area contributed by atoms with Gasteiger partial charge in [0.25, 0.3) is 5.91 Å². The molecule has 1 aliphatic heterocycles. The number of hydrogen-bond donors (Lipinski definition) is 2. The number of fused-ring (bicyclic) bond motifs is 1. The van der Waals surface area contributed by atoms with Crippen LogP contribution in [0.4, 0.5) is 10.1 Å². The molecule has 2 N–H and O–H groups in total. The number of methoxy groups -OCH3 is 1. The standard InChI is InChI=1S/C18H24FN3O5/c1-10-7-22(8-11(2)26-10)16-12(9-23)6-13-15(18(24)20-4-5-25-3)21-27-17(13)14(16)19/h6,10-11,23H,4-5,7-9H2,1-3H3,(H,20,24). The Morgan fingerprint density at radius 3 is 2.78 bits per heavy atom. The van der Waals surface area contributed by atoms with Crippen molar-refractivity contribution in [2.45, 2.75) is 32.7 Å². The highest BCUT2D eigenvalue weighted by atomic mass is 19.1. The molecular weight excluding hydrogens is 357 g/mol. The van der Waals surface area contributed by atoms with Crippen molar-refractivity contribution >= 4 is 22.6 Å². The van der Waals surface area contributed by atoms with E-state index >= 15 is 4.39 Å². The van der Waals surface area contributed by atoms with Crippen LogP contribution in [0.15, 0.2) is 10.6 Å². The molecule has 1 amide bonds. The Hall–Kier alpha value is -2.23. The minimum absolute atomic E-state index is 0.0232. The first-order chi connectivity index (χ1) is 13.0. The first kappa shape index (κ1) is 19.5. The number of carbonyl (C=O) groups excluding carboxylic acids is 1. The van der Waals surface area contributed by atoms with Gasteiger partial charge in [-0.25, -0.2) is 4.39 Å². The normalized spacial score (nSPS) is 20.3. The highest BCUT2D eigenvalue weighted by Crippen LogP contribution is 2.35. The SMILES string of the molecule is COCCNC(=O)c1noc2c(F)c(N3CC(C)OC(C)C3)c(CO)cc12. The number of anilines is 1. The van der Waals surface area contributed by atoms with Gasteiger partial charge in [-0.1, -0.05) is 5.16 Å². The molecule has 0 spiro atoms. The molecule has 1 saturated heterocycles. The Bertz CT molecular complexity index is 815. The van der Waals surface area contributed by atoms with Crippen molar-refractivity contribution in [3.05, 3.63) is 23.1 Å². The molecule has 2 atom stereocenters. The molecule has 3 rings (SSSR count). The lowest BCUT2D eigenvalue weighted by atomic mass is 10.1.